The van der Waals surface area contributed by atoms with Gasteiger partial charge in [0, 0.05) is 17.2 Å². The quantitative estimate of drug-likeness (QED) is 0.548. The number of hydrogen-bond donors (Lipinski definition) is 1. The van der Waals surface area contributed by atoms with Gasteiger partial charge in [-0.1, -0.05) is 17.7 Å². The maximum Gasteiger partial charge on any atom is 0.0403 e. The Hall–Kier alpha value is -0.690. The van der Waals surface area contributed by atoms with Crippen LogP contribution in [0.25, 0.3) is 0 Å². The van der Waals surface area contributed by atoms with Gasteiger partial charge in [-0.3, -0.25) is 0 Å². The molecule has 1 aliphatic rings. The fourth-order valence-electron chi connectivity index (χ4n) is 0.618. The van der Waals surface area contributed by atoms with Crippen molar-refractivity contribution in [1.82, 2.24) is 0 Å². The third-order valence-corrected chi connectivity index (χ3v) is 1.34. The van der Waals surface area contributed by atoms with E-state index in [4.69, 9.17) is 17.3 Å². The molecular weight excluding hydrogens is 134 g/mol. The Balaban J connectivity index is 2.80. The first-order chi connectivity index (χ1) is 4.29. The minimum Gasteiger partial charge on any atom is -0.402 e. The van der Waals surface area contributed by atoms with Gasteiger partial charge in [-0.2, -0.15) is 0 Å². The Bertz CT molecular complexity index is 189. The lowest BCUT2D eigenvalue weighted by Crippen LogP contribution is -1.92. The molecule has 0 fully saturated rings. The summed E-state index contributed by atoms with van der Waals surface area (Å²) in [5, 5.41) is 0.732. The molecule has 0 heterocycles. The second-order valence-corrected chi connectivity index (χ2v) is 2.34. The second-order valence-electron chi connectivity index (χ2n) is 1.90. The van der Waals surface area contributed by atoms with Crippen molar-refractivity contribution < 1.29 is 0 Å². The van der Waals surface area contributed by atoms with Crippen LogP contribution in [-0.2, 0) is 0 Å². The smallest absolute Gasteiger partial charge is 0.0403 e. The third-order valence-electron chi connectivity index (χ3n) is 1.09. The van der Waals surface area contributed by atoms with Crippen molar-refractivity contribution in [1.29, 1.82) is 0 Å². The fraction of sp³-hybridized carbons (Fsp3) is 0.143. The van der Waals surface area contributed by atoms with E-state index in [1.54, 1.807) is 6.08 Å². The molecular formula is C7H8ClN. The molecule has 0 radical (unpaired) electrons. The molecule has 0 spiro atoms. The number of rotatable bonds is 0. The molecule has 1 aliphatic carbocycles. The Kier molecular flexibility index (Phi) is 1.96. The van der Waals surface area contributed by atoms with Crippen LogP contribution in [0.4, 0.5) is 0 Å². The third kappa shape index (κ3) is 1.94. The van der Waals surface area contributed by atoms with Crippen molar-refractivity contribution >= 4 is 11.6 Å². The van der Waals surface area contributed by atoms with Crippen LogP contribution in [0.2, 0.25) is 0 Å². The van der Waals surface area contributed by atoms with E-state index in [0.29, 0.717) is 0 Å². The van der Waals surface area contributed by atoms with Gasteiger partial charge in [0.25, 0.3) is 0 Å². The second kappa shape index (κ2) is 2.74. The predicted molar refractivity (Wildman–Crippen MR) is 40.0 cm³/mol. The van der Waals surface area contributed by atoms with E-state index < -0.39 is 0 Å². The minimum absolute atomic E-state index is 0.732. The summed E-state index contributed by atoms with van der Waals surface area (Å²) >= 11 is 5.66. The molecule has 1 rings (SSSR count). The average Bonchev–Trinajstić information content (AvgIpc) is 1.97. The van der Waals surface area contributed by atoms with E-state index in [-0.39, 0.29) is 0 Å². The van der Waals surface area contributed by atoms with Gasteiger partial charge in [-0.25, -0.2) is 0 Å². The monoisotopic (exact) mass is 141 g/mol. The first-order valence-corrected chi connectivity index (χ1v) is 3.15. The maximum atomic E-state index is 5.66. The van der Waals surface area contributed by atoms with Crippen molar-refractivity contribution in [3.05, 3.63) is 35.0 Å². The van der Waals surface area contributed by atoms with Crippen LogP contribution in [-0.4, -0.2) is 0 Å². The predicted octanol–water partition coefficient (Wildman–Crippen LogP) is 1.91. The number of hydrogen-bond acceptors (Lipinski definition) is 1. The van der Waals surface area contributed by atoms with Crippen LogP contribution in [0.5, 0.6) is 0 Å². The van der Waals surface area contributed by atoms with Crippen molar-refractivity contribution in [2.45, 2.75) is 6.42 Å². The lowest BCUT2D eigenvalue weighted by molar-refractivity contribution is 1.17. The SMILES string of the molecule is NC1=CC=C(Cl)C=CC1. The Labute approximate surface area is 59.5 Å². The van der Waals surface area contributed by atoms with E-state index in [1.807, 2.05) is 18.2 Å². The molecule has 9 heavy (non-hydrogen) atoms. The summed E-state index contributed by atoms with van der Waals surface area (Å²) in [7, 11) is 0. The van der Waals surface area contributed by atoms with E-state index >= 15 is 0 Å². The summed E-state index contributed by atoms with van der Waals surface area (Å²) in [6.45, 7) is 0. The molecule has 0 atom stereocenters. The molecule has 2 N–H and O–H groups in total. The highest BCUT2D eigenvalue weighted by atomic mass is 35.5. The molecule has 0 bridgehead atoms. The first kappa shape index (κ1) is 6.43. The van der Waals surface area contributed by atoms with E-state index in [0.717, 1.165) is 17.2 Å². The Morgan fingerprint density at radius 2 is 2.22 bits per heavy atom. The van der Waals surface area contributed by atoms with Crippen molar-refractivity contribution in [3.63, 3.8) is 0 Å². The lowest BCUT2D eigenvalue weighted by atomic mass is 10.3. The van der Waals surface area contributed by atoms with Crippen LogP contribution >= 0.6 is 11.6 Å². The molecule has 1 nitrogen and oxygen atoms in total. The largest absolute Gasteiger partial charge is 0.402 e. The summed E-state index contributed by atoms with van der Waals surface area (Å²) in [6, 6.07) is 0. The number of nitrogens with two attached hydrogens (primary N) is 1. The van der Waals surface area contributed by atoms with Crippen molar-refractivity contribution in [2.24, 2.45) is 5.73 Å². The normalized spacial score (nSPS) is 18.3. The Morgan fingerprint density at radius 3 is 3.00 bits per heavy atom. The van der Waals surface area contributed by atoms with Crippen LogP contribution in [0.15, 0.2) is 35.0 Å². The van der Waals surface area contributed by atoms with Crippen molar-refractivity contribution in [3.8, 4) is 0 Å². The Morgan fingerprint density at radius 1 is 1.44 bits per heavy atom. The molecule has 0 unspecified atom stereocenters. The van der Waals surface area contributed by atoms with Gasteiger partial charge >= 0.3 is 0 Å². The van der Waals surface area contributed by atoms with Crippen LogP contribution in [0.3, 0.4) is 0 Å². The number of halogens is 1. The molecule has 0 aliphatic heterocycles. The topological polar surface area (TPSA) is 26.0 Å². The molecule has 0 amide bonds. The first-order valence-electron chi connectivity index (χ1n) is 2.77. The van der Waals surface area contributed by atoms with Gasteiger partial charge < -0.3 is 5.73 Å². The zero-order valence-electron chi connectivity index (χ0n) is 4.97. The molecule has 0 saturated heterocycles. The van der Waals surface area contributed by atoms with Gasteiger partial charge in [0.2, 0.25) is 0 Å². The number of allylic oxidation sites excluding steroid dienone is 5. The van der Waals surface area contributed by atoms with Gasteiger partial charge in [-0.15, -0.1) is 0 Å². The van der Waals surface area contributed by atoms with Gasteiger partial charge in [0.1, 0.15) is 0 Å². The standard InChI is InChI=1S/C7H8ClN/c8-6-2-1-3-7(9)5-4-6/h1-2,4-5H,3,9H2. The van der Waals surface area contributed by atoms with E-state index in [1.165, 1.54) is 0 Å². The average molecular weight is 142 g/mol. The van der Waals surface area contributed by atoms with Crippen LogP contribution < -0.4 is 5.73 Å². The van der Waals surface area contributed by atoms with E-state index in [2.05, 4.69) is 0 Å². The zero-order chi connectivity index (χ0) is 6.69. The zero-order valence-corrected chi connectivity index (χ0v) is 5.73. The summed E-state index contributed by atoms with van der Waals surface area (Å²) in [5.41, 5.74) is 6.35. The van der Waals surface area contributed by atoms with Gasteiger partial charge in [0.15, 0.2) is 0 Å². The highest BCUT2D eigenvalue weighted by Gasteiger charge is 1.90. The van der Waals surface area contributed by atoms with Crippen LogP contribution in [0, 0.1) is 0 Å². The van der Waals surface area contributed by atoms with Gasteiger partial charge in [0.05, 0.1) is 0 Å². The summed E-state index contributed by atoms with van der Waals surface area (Å²) < 4.78 is 0. The fourth-order valence-corrected chi connectivity index (χ4v) is 0.770. The molecule has 0 saturated carbocycles. The van der Waals surface area contributed by atoms with Gasteiger partial charge in [-0.05, 0) is 18.2 Å². The highest BCUT2D eigenvalue weighted by Crippen LogP contribution is 2.09. The molecule has 0 aromatic heterocycles. The van der Waals surface area contributed by atoms with Crippen molar-refractivity contribution in [2.75, 3.05) is 0 Å². The molecule has 48 valence electrons. The molecule has 2 heteroatoms. The van der Waals surface area contributed by atoms with Crippen LogP contribution in [0.1, 0.15) is 6.42 Å². The highest BCUT2D eigenvalue weighted by molar-refractivity contribution is 6.31. The summed E-state index contributed by atoms with van der Waals surface area (Å²) in [4.78, 5) is 0. The summed E-state index contributed by atoms with van der Waals surface area (Å²) in [5.74, 6) is 0. The molecule has 0 aromatic carbocycles. The maximum absolute atomic E-state index is 5.66. The van der Waals surface area contributed by atoms with E-state index in [9.17, 15) is 0 Å². The molecule has 0 aromatic rings. The minimum atomic E-state index is 0.732. The lowest BCUT2D eigenvalue weighted by Gasteiger charge is -1.87. The summed E-state index contributed by atoms with van der Waals surface area (Å²) in [6.07, 6.45) is 8.20.